The first kappa shape index (κ1) is 13.0. The molecule has 0 saturated carbocycles. The van der Waals surface area contributed by atoms with Gasteiger partial charge in [-0.3, -0.25) is 0 Å². The second-order valence-electron chi connectivity index (χ2n) is 3.17. The Hall–Kier alpha value is -0.110. The summed E-state index contributed by atoms with van der Waals surface area (Å²) in [5.41, 5.74) is 0. The van der Waals surface area contributed by atoms with Crippen molar-refractivity contribution in [3.8, 4) is 5.75 Å². The van der Waals surface area contributed by atoms with Gasteiger partial charge in [0.15, 0.2) is 0 Å². The van der Waals surface area contributed by atoms with Crippen molar-refractivity contribution in [3.05, 3.63) is 28.2 Å². The van der Waals surface area contributed by atoms with Crippen LogP contribution in [0.25, 0.3) is 0 Å². The molecule has 0 aliphatic carbocycles. The third-order valence-corrected chi connectivity index (χ3v) is 2.94. The van der Waals surface area contributed by atoms with Crippen molar-refractivity contribution < 1.29 is 4.74 Å². The molecule has 0 fully saturated rings. The van der Waals surface area contributed by atoms with E-state index in [1.165, 1.54) is 0 Å². The van der Waals surface area contributed by atoms with Gasteiger partial charge in [-0.15, -0.1) is 11.6 Å². The van der Waals surface area contributed by atoms with Gasteiger partial charge in [0, 0.05) is 11.9 Å². The van der Waals surface area contributed by atoms with Crippen LogP contribution < -0.4 is 4.74 Å². The first-order chi connectivity index (χ1) is 7.24. The molecule has 0 bridgehead atoms. The lowest BCUT2D eigenvalue weighted by Crippen LogP contribution is -1.97. The lowest BCUT2D eigenvalue weighted by atomic mass is 10.3. The molecular weight excluding hydrogens is 254 g/mol. The standard InChI is InChI=1S/C11H13Cl3O/c12-6-2-1-3-7-15-9-4-5-10(13)11(14)8-9/h4-5,8H,1-3,6-7H2. The van der Waals surface area contributed by atoms with E-state index in [0.29, 0.717) is 22.5 Å². The van der Waals surface area contributed by atoms with Gasteiger partial charge in [0.05, 0.1) is 16.7 Å². The van der Waals surface area contributed by atoms with Crippen LogP contribution in [-0.2, 0) is 0 Å². The number of benzene rings is 1. The fourth-order valence-electron chi connectivity index (χ4n) is 1.13. The molecule has 0 unspecified atom stereocenters. The highest BCUT2D eigenvalue weighted by molar-refractivity contribution is 6.42. The molecule has 0 aromatic heterocycles. The van der Waals surface area contributed by atoms with E-state index in [2.05, 4.69) is 0 Å². The third-order valence-electron chi connectivity index (χ3n) is 1.94. The maximum atomic E-state index is 5.85. The highest BCUT2D eigenvalue weighted by Gasteiger charge is 1.99. The van der Waals surface area contributed by atoms with Gasteiger partial charge in [-0.1, -0.05) is 23.2 Å². The maximum Gasteiger partial charge on any atom is 0.120 e. The average Bonchev–Trinajstić information content (AvgIpc) is 2.23. The molecule has 1 aromatic carbocycles. The Labute approximate surface area is 105 Å². The third kappa shape index (κ3) is 4.96. The van der Waals surface area contributed by atoms with E-state index in [9.17, 15) is 0 Å². The summed E-state index contributed by atoms with van der Waals surface area (Å²) in [5.74, 6) is 1.47. The largest absolute Gasteiger partial charge is 0.494 e. The van der Waals surface area contributed by atoms with Crippen molar-refractivity contribution in [2.75, 3.05) is 12.5 Å². The molecule has 15 heavy (non-hydrogen) atoms. The molecule has 0 aliphatic heterocycles. The van der Waals surface area contributed by atoms with Crippen LogP contribution >= 0.6 is 34.8 Å². The molecule has 0 aliphatic rings. The van der Waals surface area contributed by atoms with Gasteiger partial charge in [-0.2, -0.15) is 0 Å². The van der Waals surface area contributed by atoms with Gasteiger partial charge < -0.3 is 4.74 Å². The molecule has 4 heteroatoms. The maximum absolute atomic E-state index is 5.85. The summed E-state index contributed by atoms with van der Waals surface area (Å²) < 4.78 is 5.50. The predicted octanol–water partition coefficient (Wildman–Crippen LogP) is 4.78. The molecule has 0 atom stereocenters. The smallest absolute Gasteiger partial charge is 0.120 e. The molecule has 0 N–H and O–H groups in total. The first-order valence-corrected chi connectivity index (χ1v) is 6.17. The van der Waals surface area contributed by atoms with Crippen molar-refractivity contribution in [2.24, 2.45) is 0 Å². The van der Waals surface area contributed by atoms with Crippen molar-refractivity contribution in [3.63, 3.8) is 0 Å². The number of rotatable bonds is 6. The van der Waals surface area contributed by atoms with E-state index in [1.807, 2.05) is 6.07 Å². The summed E-state index contributed by atoms with van der Waals surface area (Å²) in [6.45, 7) is 0.689. The van der Waals surface area contributed by atoms with Crippen LogP contribution in [0.4, 0.5) is 0 Å². The van der Waals surface area contributed by atoms with E-state index in [4.69, 9.17) is 39.5 Å². The summed E-state index contributed by atoms with van der Waals surface area (Å²) in [6, 6.07) is 5.28. The Morgan fingerprint density at radius 3 is 2.47 bits per heavy atom. The number of hydrogen-bond acceptors (Lipinski definition) is 1. The number of alkyl halides is 1. The quantitative estimate of drug-likeness (QED) is 0.532. The number of unbranched alkanes of at least 4 members (excludes halogenated alkanes) is 2. The Bertz CT molecular complexity index is 302. The van der Waals surface area contributed by atoms with E-state index in [1.54, 1.807) is 12.1 Å². The molecule has 0 saturated heterocycles. The van der Waals surface area contributed by atoms with E-state index < -0.39 is 0 Å². The monoisotopic (exact) mass is 266 g/mol. The molecule has 84 valence electrons. The van der Waals surface area contributed by atoms with E-state index >= 15 is 0 Å². The molecule has 0 heterocycles. The van der Waals surface area contributed by atoms with Crippen LogP contribution in [-0.4, -0.2) is 12.5 Å². The Morgan fingerprint density at radius 1 is 1.00 bits per heavy atom. The minimum absolute atomic E-state index is 0.523. The van der Waals surface area contributed by atoms with Gasteiger partial charge in [0.25, 0.3) is 0 Å². The summed E-state index contributed by atoms with van der Waals surface area (Å²) in [7, 11) is 0. The summed E-state index contributed by atoms with van der Waals surface area (Å²) >= 11 is 17.2. The average molecular weight is 268 g/mol. The molecule has 1 rings (SSSR count). The zero-order valence-corrected chi connectivity index (χ0v) is 10.6. The molecule has 0 spiro atoms. The van der Waals surface area contributed by atoms with E-state index in [0.717, 1.165) is 25.0 Å². The lowest BCUT2D eigenvalue weighted by Gasteiger charge is -2.06. The van der Waals surface area contributed by atoms with Crippen molar-refractivity contribution in [1.82, 2.24) is 0 Å². The second kappa shape index (κ2) is 7.21. The Morgan fingerprint density at radius 2 is 1.80 bits per heavy atom. The molecular formula is C11H13Cl3O. The van der Waals surface area contributed by atoms with Crippen molar-refractivity contribution in [1.29, 1.82) is 0 Å². The fourth-order valence-corrected chi connectivity index (χ4v) is 1.61. The van der Waals surface area contributed by atoms with Crippen LogP contribution in [0.5, 0.6) is 5.75 Å². The van der Waals surface area contributed by atoms with Crippen LogP contribution in [0.3, 0.4) is 0 Å². The predicted molar refractivity (Wildman–Crippen MR) is 66.5 cm³/mol. The SMILES string of the molecule is ClCCCCCOc1ccc(Cl)c(Cl)c1. The number of ether oxygens (including phenoxy) is 1. The van der Waals surface area contributed by atoms with Gasteiger partial charge in [0.1, 0.15) is 5.75 Å². The lowest BCUT2D eigenvalue weighted by molar-refractivity contribution is 0.306. The van der Waals surface area contributed by atoms with Crippen LogP contribution in [0.1, 0.15) is 19.3 Å². The summed E-state index contributed by atoms with van der Waals surface area (Å²) in [5, 5.41) is 1.07. The van der Waals surface area contributed by atoms with Crippen molar-refractivity contribution >= 4 is 34.8 Å². The van der Waals surface area contributed by atoms with Crippen LogP contribution in [0, 0.1) is 0 Å². The topological polar surface area (TPSA) is 9.23 Å². The van der Waals surface area contributed by atoms with Gasteiger partial charge >= 0.3 is 0 Å². The van der Waals surface area contributed by atoms with Crippen LogP contribution in [0.15, 0.2) is 18.2 Å². The molecule has 1 nitrogen and oxygen atoms in total. The van der Waals surface area contributed by atoms with Gasteiger partial charge in [-0.05, 0) is 31.4 Å². The van der Waals surface area contributed by atoms with E-state index in [-0.39, 0.29) is 0 Å². The zero-order valence-electron chi connectivity index (χ0n) is 8.31. The minimum atomic E-state index is 0.523. The summed E-state index contributed by atoms with van der Waals surface area (Å²) in [4.78, 5) is 0. The molecule has 1 aromatic rings. The Balaban J connectivity index is 2.28. The molecule has 0 radical (unpaired) electrons. The number of hydrogen-bond donors (Lipinski definition) is 0. The van der Waals surface area contributed by atoms with Crippen LogP contribution in [0.2, 0.25) is 10.0 Å². The summed E-state index contributed by atoms with van der Waals surface area (Å²) in [6.07, 6.45) is 3.13. The Kier molecular flexibility index (Phi) is 6.23. The van der Waals surface area contributed by atoms with Gasteiger partial charge in [0.2, 0.25) is 0 Å². The highest BCUT2D eigenvalue weighted by Crippen LogP contribution is 2.26. The second-order valence-corrected chi connectivity index (χ2v) is 4.37. The van der Waals surface area contributed by atoms with Crippen molar-refractivity contribution in [2.45, 2.75) is 19.3 Å². The normalized spacial score (nSPS) is 10.3. The first-order valence-electron chi connectivity index (χ1n) is 4.88. The fraction of sp³-hybridized carbons (Fsp3) is 0.455. The highest BCUT2D eigenvalue weighted by atomic mass is 35.5. The molecule has 0 amide bonds. The number of halogens is 3. The zero-order chi connectivity index (χ0) is 11.1. The minimum Gasteiger partial charge on any atom is -0.494 e. The van der Waals surface area contributed by atoms with Gasteiger partial charge in [-0.25, -0.2) is 0 Å².